The predicted octanol–water partition coefficient (Wildman–Crippen LogP) is 0.658. The number of nitrogens with zero attached hydrogens (tertiary/aromatic N) is 4. The molecular formula is C12H12N4O3S. The van der Waals surface area contributed by atoms with Gasteiger partial charge in [-0.3, -0.25) is 4.18 Å². The Balaban J connectivity index is 2.07. The van der Waals surface area contributed by atoms with Crippen LogP contribution < -0.4 is 0 Å². The summed E-state index contributed by atoms with van der Waals surface area (Å²) in [6.45, 7) is 0.0657. The molecule has 0 amide bonds. The molecule has 8 heteroatoms. The maximum absolute atomic E-state index is 10.8. The quantitative estimate of drug-likeness (QED) is 0.751. The van der Waals surface area contributed by atoms with Gasteiger partial charge in [0.2, 0.25) is 0 Å². The Morgan fingerprint density at radius 2 is 2.30 bits per heavy atom. The summed E-state index contributed by atoms with van der Waals surface area (Å²) in [4.78, 5) is 4.11. The van der Waals surface area contributed by atoms with Crippen LogP contribution in [0.1, 0.15) is 11.1 Å². The van der Waals surface area contributed by atoms with E-state index in [0.717, 1.165) is 11.8 Å². The number of hydrogen-bond donors (Lipinski definition) is 0. The number of pyridine rings is 1. The van der Waals surface area contributed by atoms with Crippen LogP contribution in [0.15, 0.2) is 30.7 Å². The standard InChI is InChI=1S/C12H12N4O3S/c1-20(17,18)19-5-3-11-8-15-16(9-11)12-6-10(7-13)2-4-14-12/h2,4,6,8-9H,3,5H2,1H3. The minimum Gasteiger partial charge on any atom is -0.270 e. The van der Waals surface area contributed by atoms with Gasteiger partial charge in [-0.15, -0.1) is 0 Å². The zero-order chi connectivity index (χ0) is 14.6. The number of hydrogen-bond acceptors (Lipinski definition) is 6. The van der Waals surface area contributed by atoms with E-state index >= 15 is 0 Å². The molecule has 0 N–H and O–H groups in total. The summed E-state index contributed by atoms with van der Waals surface area (Å²) in [6, 6.07) is 5.25. The fraction of sp³-hybridized carbons (Fsp3) is 0.250. The molecule has 0 bridgehead atoms. The molecule has 0 aliphatic carbocycles. The molecule has 2 heterocycles. The molecule has 0 aromatic carbocycles. The van der Waals surface area contributed by atoms with E-state index in [9.17, 15) is 8.42 Å². The molecule has 0 saturated carbocycles. The highest BCUT2D eigenvalue weighted by atomic mass is 32.2. The van der Waals surface area contributed by atoms with Crippen LogP contribution in [0.3, 0.4) is 0 Å². The highest BCUT2D eigenvalue weighted by Gasteiger charge is 2.05. The normalized spacial score (nSPS) is 11.2. The van der Waals surface area contributed by atoms with Crippen LogP contribution in [0.5, 0.6) is 0 Å². The predicted molar refractivity (Wildman–Crippen MR) is 70.6 cm³/mol. The lowest BCUT2D eigenvalue weighted by Gasteiger charge is -2.00. The van der Waals surface area contributed by atoms with Gasteiger partial charge in [0, 0.05) is 24.9 Å². The second-order valence-electron chi connectivity index (χ2n) is 4.08. The Morgan fingerprint density at radius 3 is 3.00 bits per heavy atom. The zero-order valence-electron chi connectivity index (χ0n) is 10.7. The second-order valence-corrected chi connectivity index (χ2v) is 5.73. The topological polar surface area (TPSA) is 97.9 Å². The van der Waals surface area contributed by atoms with Crippen LogP contribution in [0.4, 0.5) is 0 Å². The summed E-state index contributed by atoms with van der Waals surface area (Å²) in [5.41, 5.74) is 1.31. The van der Waals surface area contributed by atoms with Gasteiger partial charge in [-0.25, -0.2) is 9.67 Å². The third-order valence-electron chi connectivity index (χ3n) is 2.43. The molecule has 0 unspecified atom stereocenters. The van der Waals surface area contributed by atoms with Gasteiger partial charge in [-0.1, -0.05) is 0 Å². The van der Waals surface area contributed by atoms with E-state index in [1.807, 2.05) is 6.07 Å². The van der Waals surface area contributed by atoms with Crippen LogP contribution in [0.2, 0.25) is 0 Å². The average Bonchev–Trinajstić information content (AvgIpc) is 2.86. The first-order valence-electron chi connectivity index (χ1n) is 5.72. The first kappa shape index (κ1) is 14.2. The van der Waals surface area contributed by atoms with E-state index < -0.39 is 10.1 Å². The molecule has 20 heavy (non-hydrogen) atoms. The third kappa shape index (κ3) is 3.88. The summed E-state index contributed by atoms with van der Waals surface area (Å²) in [5, 5.41) is 12.9. The Morgan fingerprint density at radius 1 is 1.50 bits per heavy atom. The van der Waals surface area contributed by atoms with Crippen molar-refractivity contribution in [2.45, 2.75) is 6.42 Å². The van der Waals surface area contributed by atoms with Gasteiger partial charge in [0.05, 0.1) is 30.7 Å². The largest absolute Gasteiger partial charge is 0.270 e. The smallest absolute Gasteiger partial charge is 0.264 e. The highest BCUT2D eigenvalue weighted by molar-refractivity contribution is 7.85. The molecular weight excluding hydrogens is 280 g/mol. The van der Waals surface area contributed by atoms with Crippen molar-refractivity contribution in [1.29, 1.82) is 5.26 Å². The first-order chi connectivity index (χ1) is 9.48. The van der Waals surface area contributed by atoms with Crippen molar-refractivity contribution in [2.24, 2.45) is 0 Å². The summed E-state index contributed by atoms with van der Waals surface area (Å²) in [6.07, 6.45) is 6.28. The summed E-state index contributed by atoms with van der Waals surface area (Å²) < 4.78 is 27.9. The second kappa shape index (κ2) is 5.81. The Kier molecular flexibility index (Phi) is 4.12. The van der Waals surface area contributed by atoms with Crippen molar-refractivity contribution >= 4 is 10.1 Å². The summed E-state index contributed by atoms with van der Waals surface area (Å²) in [7, 11) is -3.42. The molecule has 0 spiro atoms. The van der Waals surface area contributed by atoms with Crippen molar-refractivity contribution in [3.05, 3.63) is 41.9 Å². The molecule has 0 saturated heterocycles. The molecule has 0 atom stereocenters. The van der Waals surface area contributed by atoms with Crippen LogP contribution in [-0.4, -0.2) is 36.0 Å². The monoisotopic (exact) mass is 292 g/mol. The van der Waals surface area contributed by atoms with E-state index in [4.69, 9.17) is 5.26 Å². The molecule has 0 aliphatic heterocycles. The molecule has 2 aromatic rings. The summed E-state index contributed by atoms with van der Waals surface area (Å²) >= 11 is 0. The maximum Gasteiger partial charge on any atom is 0.264 e. The molecule has 0 radical (unpaired) electrons. The van der Waals surface area contributed by atoms with Crippen LogP contribution in [0, 0.1) is 11.3 Å². The molecule has 104 valence electrons. The van der Waals surface area contributed by atoms with Crippen molar-refractivity contribution in [1.82, 2.24) is 14.8 Å². The third-order valence-corrected chi connectivity index (χ3v) is 3.03. The van der Waals surface area contributed by atoms with Gasteiger partial charge >= 0.3 is 0 Å². The lowest BCUT2D eigenvalue weighted by atomic mass is 10.3. The van der Waals surface area contributed by atoms with Gasteiger partial charge in [0.25, 0.3) is 10.1 Å². The van der Waals surface area contributed by atoms with Gasteiger partial charge in [-0.2, -0.15) is 18.8 Å². The molecule has 2 rings (SSSR count). The van der Waals surface area contributed by atoms with E-state index in [0.29, 0.717) is 17.8 Å². The van der Waals surface area contributed by atoms with Gasteiger partial charge in [0.1, 0.15) is 0 Å². The highest BCUT2D eigenvalue weighted by Crippen LogP contribution is 2.08. The first-order valence-corrected chi connectivity index (χ1v) is 7.54. The zero-order valence-corrected chi connectivity index (χ0v) is 11.5. The molecule has 7 nitrogen and oxygen atoms in total. The number of rotatable bonds is 5. The average molecular weight is 292 g/mol. The molecule has 0 fully saturated rings. The summed E-state index contributed by atoms with van der Waals surface area (Å²) in [5.74, 6) is 0.527. The Bertz CT molecular complexity index is 746. The van der Waals surface area contributed by atoms with Crippen molar-refractivity contribution in [3.63, 3.8) is 0 Å². The minimum absolute atomic E-state index is 0.0657. The fourth-order valence-electron chi connectivity index (χ4n) is 1.54. The van der Waals surface area contributed by atoms with E-state index in [2.05, 4.69) is 14.3 Å². The fourth-order valence-corrected chi connectivity index (χ4v) is 1.92. The molecule has 2 aromatic heterocycles. The van der Waals surface area contributed by atoms with Crippen molar-refractivity contribution in [2.75, 3.05) is 12.9 Å². The van der Waals surface area contributed by atoms with Gasteiger partial charge in [-0.05, 0) is 11.6 Å². The van der Waals surface area contributed by atoms with Crippen LogP contribution >= 0.6 is 0 Å². The number of aromatic nitrogens is 3. The Hall–Kier alpha value is -2.24. The lowest BCUT2D eigenvalue weighted by Crippen LogP contribution is -2.05. The SMILES string of the molecule is CS(=O)(=O)OCCc1cnn(-c2cc(C#N)ccn2)c1. The van der Waals surface area contributed by atoms with Gasteiger partial charge < -0.3 is 0 Å². The van der Waals surface area contributed by atoms with Crippen molar-refractivity contribution < 1.29 is 12.6 Å². The van der Waals surface area contributed by atoms with Crippen molar-refractivity contribution in [3.8, 4) is 11.9 Å². The number of nitriles is 1. The van der Waals surface area contributed by atoms with Crippen LogP contribution in [0.25, 0.3) is 5.82 Å². The van der Waals surface area contributed by atoms with Crippen LogP contribution in [-0.2, 0) is 20.7 Å². The van der Waals surface area contributed by atoms with E-state index in [-0.39, 0.29) is 6.61 Å². The lowest BCUT2D eigenvalue weighted by molar-refractivity contribution is 0.326. The van der Waals surface area contributed by atoms with E-state index in [1.54, 1.807) is 24.5 Å². The molecule has 0 aliphatic rings. The Labute approximate surface area is 116 Å². The maximum atomic E-state index is 10.8. The van der Waals surface area contributed by atoms with Gasteiger partial charge in [0.15, 0.2) is 5.82 Å². The minimum atomic E-state index is -3.42. The van der Waals surface area contributed by atoms with E-state index in [1.165, 1.54) is 10.9 Å².